The van der Waals surface area contributed by atoms with Crippen molar-refractivity contribution in [2.75, 3.05) is 0 Å². The summed E-state index contributed by atoms with van der Waals surface area (Å²) < 4.78 is 5.67. The summed E-state index contributed by atoms with van der Waals surface area (Å²) in [4.78, 5) is 7.96. The minimum absolute atomic E-state index is 0.180. The standard InChI is InChI=1S/C10H14ClN3O/c11-9-10(14-6-5-13-9)15-8-3-1-7(12)2-4-8/h5-8H,1-4,12H2/t7-,8-. The smallest absolute Gasteiger partial charge is 0.252 e. The van der Waals surface area contributed by atoms with Crippen molar-refractivity contribution in [2.24, 2.45) is 5.73 Å². The molecule has 0 spiro atoms. The first-order valence-electron chi connectivity index (χ1n) is 5.14. The second kappa shape index (κ2) is 4.77. The summed E-state index contributed by atoms with van der Waals surface area (Å²) in [6.45, 7) is 0. The van der Waals surface area contributed by atoms with Gasteiger partial charge in [0.15, 0.2) is 5.15 Å². The molecule has 1 aliphatic rings. The van der Waals surface area contributed by atoms with Crippen LogP contribution in [0.25, 0.3) is 0 Å². The fourth-order valence-corrected chi connectivity index (χ4v) is 1.90. The summed E-state index contributed by atoms with van der Waals surface area (Å²) in [5.41, 5.74) is 5.81. The minimum Gasteiger partial charge on any atom is -0.472 e. The zero-order valence-electron chi connectivity index (χ0n) is 8.40. The van der Waals surface area contributed by atoms with Gasteiger partial charge in [-0.25, -0.2) is 9.97 Å². The topological polar surface area (TPSA) is 61.0 Å². The first-order valence-corrected chi connectivity index (χ1v) is 5.52. The molecule has 1 aromatic heterocycles. The van der Waals surface area contributed by atoms with E-state index in [9.17, 15) is 0 Å². The molecule has 1 aliphatic carbocycles. The van der Waals surface area contributed by atoms with Gasteiger partial charge in [0.25, 0.3) is 5.88 Å². The molecule has 2 N–H and O–H groups in total. The van der Waals surface area contributed by atoms with Gasteiger partial charge in [-0.1, -0.05) is 11.6 Å². The molecule has 1 aromatic rings. The minimum atomic E-state index is 0.180. The first kappa shape index (κ1) is 10.6. The third-order valence-electron chi connectivity index (χ3n) is 2.62. The monoisotopic (exact) mass is 227 g/mol. The van der Waals surface area contributed by atoms with E-state index in [-0.39, 0.29) is 6.10 Å². The second-order valence-electron chi connectivity index (χ2n) is 3.81. The summed E-state index contributed by atoms with van der Waals surface area (Å²) in [5, 5.41) is 0.326. The molecule has 4 nitrogen and oxygen atoms in total. The van der Waals surface area contributed by atoms with Crippen LogP contribution in [0.15, 0.2) is 12.4 Å². The van der Waals surface area contributed by atoms with Gasteiger partial charge in [-0.2, -0.15) is 0 Å². The van der Waals surface area contributed by atoms with Crippen molar-refractivity contribution in [2.45, 2.75) is 37.8 Å². The SMILES string of the molecule is N[C@H]1CC[C@H](Oc2nccnc2Cl)CC1. The largest absolute Gasteiger partial charge is 0.472 e. The highest BCUT2D eigenvalue weighted by atomic mass is 35.5. The van der Waals surface area contributed by atoms with Crippen LogP contribution >= 0.6 is 11.6 Å². The Labute approximate surface area is 93.8 Å². The molecule has 1 heterocycles. The van der Waals surface area contributed by atoms with Crippen molar-refractivity contribution < 1.29 is 4.74 Å². The van der Waals surface area contributed by atoms with Gasteiger partial charge < -0.3 is 10.5 Å². The molecular formula is C10H14ClN3O. The maximum Gasteiger partial charge on any atom is 0.252 e. The van der Waals surface area contributed by atoms with Crippen LogP contribution in [-0.4, -0.2) is 22.1 Å². The number of hydrogen-bond acceptors (Lipinski definition) is 4. The van der Waals surface area contributed by atoms with Crippen molar-refractivity contribution in [3.8, 4) is 5.88 Å². The Morgan fingerprint density at radius 2 is 1.87 bits per heavy atom. The maximum absolute atomic E-state index is 5.85. The number of halogens is 1. The summed E-state index contributed by atoms with van der Waals surface area (Å²) >= 11 is 5.85. The van der Waals surface area contributed by atoms with Crippen molar-refractivity contribution in [3.63, 3.8) is 0 Å². The lowest BCUT2D eigenvalue weighted by atomic mass is 9.94. The van der Waals surface area contributed by atoms with Crippen LogP contribution in [0.4, 0.5) is 0 Å². The van der Waals surface area contributed by atoms with E-state index < -0.39 is 0 Å². The van der Waals surface area contributed by atoms with E-state index in [2.05, 4.69) is 9.97 Å². The molecule has 0 saturated heterocycles. The Morgan fingerprint density at radius 1 is 1.20 bits per heavy atom. The quantitative estimate of drug-likeness (QED) is 0.837. The highest BCUT2D eigenvalue weighted by Gasteiger charge is 2.21. The molecule has 0 radical (unpaired) electrons. The Hall–Kier alpha value is -0.870. The number of nitrogens with zero attached hydrogens (tertiary/aromatic N) is 2. The average Bonchev–Trinajstić information content (AvgIpc) is 2.25. The molecule has 0 bridgehead atoms. The molecule has 0 aliphatic heterocycles. The van der Waals surface area contributed by atoms with Crippen molar-refractivity contribution in [1.29, 1.82) is 0 Å². The molecular weight excluding hydrogens is 214 g/mol. The Kier molecular flexibility index (Phi) is 3.38. The van der Waals surface area contributed by atoms with Crippen LogP contribution in [0, 0.1) is 0 Å². The molecule has 5 heteroatoms. The average molecular weight is 228 g/mol. The number of aromatic nitrogens is 2. The van der Waals surface area contributed by atoms with E-state index in [0.29, 0.717) is 17.1 Å². The van der Waals surface area contributed by atoms with Gasteiger partial charge in [0.2, 0.25) is 0 Å². The van der Waals surface area contributed by atoms with Gasteiger partial charge in [-0.3, -0.25) is 0 Å². The third-order valence-corrected chi connectivity index (χ3v) is 2.88. The molecule has 0 atom stereocenters. The summed E-state index contributed by atoms with van der Waals surface area (Å²) in [5.74, 6) is 0.430. The van der Waals surface area contributed by atoms with E-state index in [1.807, 2.05) is 0 Å². The van der Waals surface area contributed by atoms with E-state index in [1.165, 1.54) is 0 Å². The molecule has 82 valence electrons. The van der Waals surface area contributed by atoms with Gasteiger partial charge in [0.1, 0.15) is 6.10 Å². The Bertz CT molecular complexity index is 326. The fourth-order valence-electron chi connectivity index (χ4n) is 1.75. The molecule has 1 saturated carbocycles. The zero-order valence-corrected chi connectivity index (χ0v) is 9.15. The Balaban J connectivity index is 1.95. The number of hydrogen-bond donors (Lipinski definition) is 1. The lowest BCUT2D eigenvalue weighted by Crippen LogP contribution is -2.31. The lowest BCUT2D eigenvalue weighted by Gasteiger charge is -2.26. The van der Waals surface area contributed by atoms with Crippen LogP contribution in [0.5, 0.6) is 5.88 Å². The maximum atomic E-state index is 5.85. The Morgan fingerprint density at radius 3 is 2.53 bits per heavy atom. The van der Waals surface area contributed by atoms with Crippen molar-refractivity contribution in [3.05, 3.63) is 17.5 Å². The number of rotatable bonds is 2. The van der Waals surface area contributed by atoms with Gasteiger partial charge in [-0.05, 0) is 25.7 Å². The summed E-state index contributed by atoms with van der Waals surface area (Å²) in [6, 6.07) is 0.321. The van der Waals surface area contributed by atoms with E-state index >= 15 is 0 Å². The van der Waals surface area contributed by atoms with Crippen molar-refractivity contribution >= 4 is 11.6 Å². The van der Waals surface area contributed by atoms with Crippen LogP contribution in [0.2, 0.25) is 5.15 Å². The highest BCUT2D eigenvalue weighted by Crippen LogP contribution is 2.24. The third kappa shape index (κ3) is 2.79. The summed E-state index contributed by atoms with van der Waals surface area (Å²) in [6.07, 6.45) is 7.24. The molecule has 1 fully saturated rings. The lowest BCUT2D eigenvalue weighted by molar-refractivity contribution is 0.141. The second-order valence-corrected chi connectivity index (χ2v) is 4.16. The number of ether oxygens (including phenoxy) is 1. The van der Waals surface area contributed by atoms with Gasteiger partial charge in [0.05, 0.1) is 0 Å². The zero-order chi connectivity index (χ0) is 10.7. The predicted octanol–water partition coefficient (Wildman–Crippen LogP) is 1.78. The molecule has 15 heavy (non-hydrogen) atoms. The normalized spacial score (nSPS) is 26.3. The van der Waals surface area contributed by atoms with E-state index in [1.54, 1.807) is 12.4 Å². The fraction of sp³-hybridized carbons (Fsp3) is 0.600. The van der Waals surface area contributed by atoms with Crippen LogP contribution in [0.1, 0.15) is 25.7 Å². The first-order chi connectivity index (χ1) is 7.25. The van der Waals surface area contributed by atoms with Gasteiger partial charge >= 0.3 is 0 Å². The van der Waals surface area contributed by atoms with Crippen LogP contribution in [0.3, 0.4) is 0 Å². The predicted molar refractivity (Wildman–Crippen MR) is 57.9 cm³/mol. The molecule has 0 unspecified atom stereocenters. The van der Waals surface area contributed by atoms with E-state index in [4.69, 9.17) is 22.1 Å². The highest BCUT2D eigenvalue weighted by molar-refractivity contribution is 6.30. The number of nitrogens with two attached hydrogens (primary N) is 1. The summed E-state index contributed by atoms with van der Waals surface area (Å²) in [7, 11) is 0. The molecule has 0 amide bonds. The molecule has 2 rings (SSSR count). The van der Waals surface area contributed by atoms with Crippen molar-refractivity contribution in [1.82, 2.24) is 9.97 Å². The molecule has 0 aromatic carbocycles. The van der Waals surface area contributed by atoms with Crippen LogP contribution < -0.4 is 10.5 Å². The van der Waals surface area contributed by atoms with Gasteiger partial charge in [-0.15, -0.1) is 0 Å². The van der Waals surface area contributed by atoms with E-state index in [0.717, 1.165) is 25.7 Å². The van der Waals surface area contributed by atoms with Gasteiger partial charge in [0, 0.05) is 18.4 Å². The van der Waals surface area contributed by atoms with Crippen LogP contribution in [-0.2, 0) is 0 Å².